The van der Waals surface area contributed by atoms with Gasteiger partial charge in [-0.3, -0.25) is 4.79 Å². The van der Waals surface area contributed by atoms with Crippen LogP contribution in [0.1, 0.15) is 20.7 Å². The summed E-state index contributed by atoms with van der Waals surface area (Å²) in [4.78, 5) is 23.1. The van der Waals surface area contributed by atoms with Crippen LogP contribution in [0.2, 0.25) is 0 Å². The maximum absolute atomic E-state index is 11.9. The molecule has 1 amide bonds. The molecule has 0 saturated carbocycles. The minimum absolute atomic E-state index is 0.0157. The molecule has 0 bridgehead atoms. The highest BCUT2D eigenvalue weighted by Crippen LogP contribution is 2.31. The number of carboxylic acid groups (broad SMARTS) is 1. The number of carboxylic acids is 1. The van der Waals surface area contributed by atoms with Gasteiger partial charge in [0.05, 0.1) is 23.1 Å². The number of carbonyl (C=O) groups excluding carboxylic acids is 1. The first kappa shape index (κ1) is 13.8. The Morgan fingerprint density at radius 2 is 2.00 bits per heavy atom. The molecule has 7 heteroatoms. The van der Waals surface area contributed by atoms with Crippen molar-refractivity contribution in [2.24, 2.45) is 0 Å². The summed E-state index contributed by atoms with van der Waals surface area (Å²) in [5, 5.41) is 11.7. The average molecular weight is 389 g/mol. The highest BCUT2D eigenvalue weighted by Gasteiger charge is 2.18. The average Bonchev–Trinajstić information content (AvgIpc) is 2.85. The van der Waals surface area contributed by atoms with E-state index in [4.69, 9.17) is 9.52 Å². The quantitative estimate of drug-likeness (QED) is 0.838. The number of furan rings is 1. The smallest absolute Gasteiger partial charge is 0.337 e. The topological polar surface area (TPSA) is 79.5 Å². The van der Waals surface area contributed by atoms with E-state index in [2.05, 4.69) is 37.2 Å². The Morgan fingerprint density at radius 1 is 1.26 bits per heavy atom. The molecule has 2 N–H and O–H groups in total. The number of anilines is 1. The van der Waals surface area contributed by atoms with E-state index >= 15 is 0 Å². The van der Waals surface area contributed by atoms with Crippen LogP contribution in [0.3, 0.4) is 0 Å². The molecule has 0 aliphatic carbocycles. The molecule has 0 atom stereocenters. The highest BCUT2D eigenvalue weighted by molar-refractivity contribution is 9.11. The van der Waals surface area contributed by atoms with Crippen molar-refractivity contribution in [2.45, 2.75) is 0 Å². The van der Waals surface area contributed by atoms with Gasteiger partial charge in [-0.1, -0.05) is 15.9 Å². The molecule has 19 heavy (non-hydrogen) atoms. The van der Waals surface area contributed by atoms with E-state index in [9.17, 15) is 9.59 Å². The fourth-order valence-electron chi connectivity index (χ4n) is 1.45. The molecule has 5 nitrogen and oxygen atoms in total. The van der Waals surface area contributed by atoms with Crippen molar-refractivity contribution in [3.05, 3.63) is 50.8 Å². The second-order valence-electron chi connectivity index (χ2n) is 3.58. The van der Waals surface area contributed by atoms with Crippen molar-refractivity contribution in [1.29, 1.82) is 0 Å². The van der Waals surface area contributed by atoms with Crippen molar-refractivity contribution in [2.75, 3.05) is 5.32 Å². The first-order valence-electron chi connectivity index (χ1n) is 5.05. The largest absolute Gasteiger partial charge is 0.478 e. The lowest BCUT2D eigenvalue weighted by Gasteiger charge is -2.10. The lowest BCUT2D eigenvalue weighted by molar-refractivity contribution is 0.0698. The molecule has 98 valence electrons. The molecule has 0 aliphatic rings. The van der Waals surface area contributed by atoms with E-state index < -0.39 is 11.9 Å². The van der Waals surface area contributed by atoms with Crippen LogP contribution < -0.4 is 5.32 Å². The number of benzene rings is 1. The number of carbonyl (C=O) groups is 2. The van der Waals surface area contributed by atoms with Crippen LogP contribution in [0.5, 0.6) is 0 Å². The van der Waals surface area contributed by atoms with Crippen LogP contribution >= 0.6 is 31.9 Å². The van der Waals surface area contributed by atoms with Crippen LogP contribution in [0.4, 0.5) is 5.69 Å². The van der Waals surface area contributed by atoms with E-state index in [0.29, 0.717) is 14.5 Å². The van der Waals surface area contributed by atoms with Gasteiger partial charge in [0.1, 0.15) is 6.26 Å². The molecule has 1 aromatic heterocycles. The number of rotatable bonds is 3. The molecule has 0 saturated heterocycles. The molecular formula is C12H7Br2NO4. The maximum atomic E-state index is 11.9. The second kappa shape index (κ2) is 5.58. The molecule has 0 aliphatic heterocycles. The van der Waals surface area contributed by atoms with Gasteiger partial charge in [0, 0.05) is 8.95 Å². The summed E-state index contributed by atoms with van der Waals surface area (Å²) < 4.78 is 5.87. The third-order valence-electron chi connectivity index (χ3n) is 2.31. The molecule has 1 heterocycles. The van der Waals surface area contributed by atoms with Gasteiger partial charge in [-0.05, 0) is 34.1 Å². The van der Waals surface area contributed by atoms with E-state index in [0.717, 1.165) is 0 Å². The van der Waals surface area contributed by atoms with Crippen LogP contribution in [-0.4, -0.2) is 17.0 Å². The molecule has 0 fully saturated rings. The first-order chi connectivity index (χ1) is 8.99. The molecule has 0 radical (unpaired) electrons. The van der Waals surface area contributed by atoms with Crippen LogP contribution in [-0.2, 0) is 0 Å². The monoisotopic (exact) mass is 387 g/mol. The number of halogens is 2. The Balaban J connectivity index is 2.39. The van der Waals surface area contributed by atoms with Gasteiger partial charge in [0.2, 0.25) is 0 Å². The summed E-state index contributed by atoms with van der Waals surface area (Å²) >= 11 is 6.43. The van der Waals surface area contributed by atoms with E-state index in [-0.39, 0.29) is 11.3 Å². The summed E-state index contributed by atoms with van der Waals surface area (Å²) in [6, 6.07) is 4.55. The molecule has 1 aromatic carbocycles. The predicted molar refractivity (Wildman–Crippen MR) is 75.5 cm³/mol. The SMILES string of the molecule is O=C(Nc1c(Br)cc(Br)cc1C(=O)O)c1ccoc1. The zero-order valence-electron chi connectivity index (χ0n) is 9.31. The third kappa shape index (κ3) is 3.05. The molecular weight excluding hydrogens is 382 g/mol. The summed E-state index contributed by atoms with van der Waals surface area (Å²) in [5.41, 5.74) is 0.492. The van der Waals surface area contributed by atoms with Gasteiger partial charge in [-0.2, -0.15) is 0 Å². The van der Waals surface area contributed by atoms with Crippen molar-refractivity contribution in [3.8, 4) is 0 Å². The lowest BCUT2D eigenvalue weighted by Crippen LogP contribution is -2.14. The Bertz CT molecular complexity index is 637. The Kier molecular flexibility index (Phi) is 4.06. The number of hydrogen-bond acceptors (Lipinski definition) is 3. The lowest BCUT2D eigenvalue weighted by atomic mass is 10.1. The summed E-state index contributed by atoms with van der Waals surface area (Å²) in [6.07, 6.45) is 2.65. The number of aromatic carboxylic acids is 1. The normalized spacial score (nSPS) is 10.2. The second-order valence-corrected chi connectivity index (χ2v) is 5.35. The maximum Gasteiger partial charge on any atom is 0.337 e. The number of amides is 1. The minimum atomic E-state index is -1.13. The van der Waals surface area contributed by atoms with Crippen LogP contribution in [0, 0.1) is 0 Å². The summed E-state index contributed by atoms with van der Waals surface area (Å²) in [5.74, 6) is -1.58. The van der Waals surface area contributed by atoms with Crippen LogP contribution in [0.15, 0.2) is 44.1 Å². The third-order valence-corrected chi connectivity index (χ3v) is 3.39. The Hall–Kier alpha value is -1.60. The predicted octanol–water partition coefficient (Wildman–Crippen LogP) is 3.76. The van der Waals surface area contributed by atoms with E-state index in [1.807, 2.05) is 0 Å². The van der Waals surface area contributed by atoms with Crippen molar-refractivity contribution in [3.63, 3.8) is 0 Å². The van der Waals surface area contributed by atoms with Gasteiger partial charge in [-0.25, -0.2) is 4.79 Å². The fourth-order valence-corrected chi connectivity index (χ4v) is 2.77. The standard InChI is InChI=1S/C12H7Br2NO4/c13-7-3-8(12(17)18)10(9(14)4-7)15-11(16)6-1-2-19-5-6/h1-5H,(H,15,16)(H,17,18). The van der Waals surface area contributed by atoms with Crippen LogP contribution in [0.25, 0.3) is 0 Å². The zero-order valence-corrected chi connectivity index (χ0v) is 12.5. The zero-order chi connectivity index (χ0) is 14.0. The molecule has 0 spiro atoms. The summed E-state index contributed by atoms with van der Waals surface area (Å²) in [6.45, 7) is 0. The van der Waals surface area contributed by atoms with Gasteiger partial charge in [-0.15, -0.1) is 0 Å². The Labute approximate surface area is 124 Å². The number of nitrogens with one attached hydrogen (secondary N) is 1. The van der Waals surface area contributed by atoms with Gasteiger partial charge < -0.3 is 14.8 Å². The van der Waals surface area contributed by atoms with Crippen molar-refractivity contribution >= 4 is 49.4 Å². The molecule has 2 aromatic rings. The number of hydrogen-bond donors (Lipinski definition) is 2. The van der Waals surface area contributed by atoms with Crippen molar-refractivity contribution in [1.82, 2.24) is 0 Å². The van der Waals surface area contributed by atoms with Crippen molar-refractivity contribution < 1.29 is 19.1 Å². The first-order valence-corrected chi connectivity index (χ1v) is 6.63. The van der Waals surface area contributed by atoms with Gasteiger partial charge >= 0.3 is 5.97 Å². The minimum Gasteiger partial charge on any atom is -0.478 e. The fraction of sp³-hybridized carbons (Fsp3) is 0. The van der Waals surface area contributed by atoms with E-state index in [1.165, 1.54) is 24.7 Å². The van der Waals surface area contributed by atoms with Gasteiger partial charge in [0.25, 0.3) is 5.91 Å². The molecule has 2 rings (SSSR count). The molecule has 0 unspecified atom stereocenters. The highest BCUT2D eigenvalue weighted by atomic mass is 79.9. The van der Waals surface area contributed by atoms with Gasteiger partial charge in [0.15, 0.2) is 0 Å². The Morgan fingerprint density at radius 3 is 2.58 bits per heavy atom. The van der Waals surface area contributed by atoms with E-state index in [1.54, 1.807) is 6.07 Å². The summed E-state index contributed by atoms with van der Waals surface area (Å²) in [7, 11) is 0.